The summed E-state index contributed by atoms with van der Waals surface area (Å²) in [5, 5.41) is 3.01. The lowest BCUT2D eigenvalue weighted by atomic mass is 9.94. The number of pyridine rings is 1. The Kier molecular flexibility index (Phi) is 5.96. The first-order valence-corrected chi connectivity index (χ1v) is 10.1. The Hall–Kier alpha value is -3.27. The summed E-state index contributed by atoms with van der Waals surface area (Å²) in [7, 11) is 3.25. The van der Waals surface area contributed by atoms with Gasteiger partial charge < -0.3 is 19.7 Å². The van der Waals surface area contributed by atoms with Crippen LogP contribution in [-0.4, -0.2) is 66.8 Å². The third-order valence-corrected chi connectivity index (χ3v) is 5.33. The molecule has 4 rings (SSSR count). The number of benzene rings is 1. The van der Waals surface area contributed by atoms with Crippen molar-refractivity contribution >= 4 is 11.6 Å². The van der Waals surface area contributed by atoms with Gasteiger partial charge in [-0.05, 0) is 37.2 Å². The molecule has 1 aliphatic rings. The lowest BCUT2D eigenvalue weighted by Gasteiger charge is -2.30. The highest BCUT2D eigenvalue weighted by Gasteiger charge is 2.37. The van der Waals surface area contributed by atoms with Crippen molar-refractivity contribution in [2.45, 2.75) is 12.6 Å². The number of fused-ring (bicyclic) bond motifs is 2. The molecule has 3 heterocycles. The van der Waals surface area contributed by atoms with Gasteiger partial charge in [0.05, 0.1) is 24.6 Å². The normalized spacial score (nSPS) is 14.0. The zero-order valence-corrected chi connectivity index (χ0v) is 17.7. The fourth-order valence-corrected chi connectivity index (χ4v) is 3.84. The molecule has 0 spiro atoms. The zero-order chi connectivity index (χ0) is 22.9. The summed E-state index contributed by atoms with van der Waals surface area (Å²) in [6.45, 7) is -0.0267. The van der Waals surface area contributed by atoms with Crippen molar-refractivity contribution in [1.29, 1.82) is 0 Å². The molecule has 1 N–H and O–H groups in total. The fourth-order valence-electron chi connectivity index (χ4n) is 3.84. The van der Waals surface area contributed by atoms with Crippen LogP contribution in [0.3, 0.4) is 0 Å². The number of carbonyl (C=O) groups excluding carboxylic acids is 1. The van der Waals surface area contributed by atoms with Crippen molar-refractivity contribution in [2.24, 2.45) is 0 Å². The maximum Gasteiger partial charge on any atom is 0.406 e. The highest BCUT2D eigenvalue weighted by molar-refractivity contribution is 6.00. The van der Waals surface area contributed by atoms with Gasteiger partial charge in [0.15, 0.2) is 0 Å². The van der Waals surface area contributed by atoms with Crippen LogP contribution in [0.1, 0.15) is 15.9 Å². The molecular formula is C22H23F3N4O3. The first-order valence-electron chi connectivity index (χ1n) is 10.1. The van der Waals surface area contributed by atoms with E-state index in [4.69, 9.17) is 9.47 Å². The number of aromatic nitrogens is 2. The van der Waals surface area contributed by atoms with Crippen LogP contribution in [0.4, 0.5) is 13.2 Å². The molecule has 7 nitrogen and oxygen atoms in total. The van der Waals surface area contributed by atoms with Crippen LogP contribution in [0.15, 0.2) is 36.7 Å². The number of carbonyl (C=O) groups is 1. The minimum absolute atomic E-state index is 0.00157. The van der Waals surface area contributed by atoms with E-state index in [9.17, 15) is 18.0 Å². The van der Waals surface area contributed by atoms with Gasteiger partial charge in [-0.3, -0.25) is 9.20 Å². The van der Waals surface area contributed by atoms with Crippen molar-refractivity contribution in [2.75, 3.05) is 40.4 Å². The minimum atomic E-state index is -4.45. The van der Waals surface area contributed by atoms with Crippen LogP contribution >= 0.6 is 0 Å². The molecule has 0 unspecified atom stereocenters. The van der Waals surface area contributed by atoms with E-state index in [1.807, 2.05) is 35.8 Å². The number of halogens is 3. The number of imidazole rings is 1. The van der Waals surface area contributed by atoms with Crippen molar-refractivity contribution < 1.29 is 27.4 Å². The largest absolute Gasteiger partial charge is 0.496 e. The molecule has 0 aliphatic carbocycles. The molecule has 0 atom stereocenters. The number of hydrogen-bond donors (Lipinski definition) is 1. The second-order valence-corrected chi connectivity index (χ2v) is 7.49. The zero-order valence-electron chi connectivity index (χ0n) is 17.7. The molecule has 2 aromatic heterocycles. The fraction of sp³-hybridized carbons (Fsp3) is 0.364. The molecule has 0 bridgehead atoms. The van der Waals surface area contributed by atoms with Gasteiger partial charge in [0, 0.05) is 30.9 Å². The first kappa shape index (κ1) is 21.9. The summed E-state index contributed by atoms with van der Waals surface area (Å²) in [6, 6.07) is 7.14. The van der Waals surface area contributed by atoms with Crippen LogP contribution in [0.5, 0.6) is 11.5 Å². The van der Waals surface area contributed by atoms with Gasteiger partial charge in [-0.25, -0.2) is 4.98 Å². The molecule has 1 aliphatic heterocycles. The van der Waals surface area contributed by atoms with Gasteiger partial charge in [0.2, 0.25) is 0 Å². The van der Waals surface area contributed by atoms with E-state index < -0.39 is 18.6 Å². The number of methoxy groups -OCH3 is 1. The number of nitrogens with zero attached hydrogens (tertiary/aromatic N) is 3. The second kappa shape index (κ2) is 8.70. The Morgan fingerprint density at radius 3 is 2.78 bits per heavy atom. The van der Waals surface area contributed by atoms with Crippen molar-refractivity contribution in [1.82, 2.24) is 19.6 Å². The Labute approximate surface area is 182 Å². The lowest BCUT2D eigenvalue weighted by Crippen LogP contribution is -2.43. The first-order chi connectivity index (χ1) is 15.3. The Balaban J connectivity index is 1.67. The number of amides is 1. The van der Waals surface area contributed by atoms with Gasteiger partial charge in [-0.15, -0.1) is 0 Å². The average molecular weight is 448 g/mol. The van der Waals surface area contributed by atoms with E-state index in [1.165, 1.54) is 7.11 Å². The number of rotatable bonds is 7. The van der Waals surface area contributed by atoms with Gasteiger partial charge >= 0.3 is 6.18 Å². The minimum Gasteiger partial charge on any atom is -0.496 e. The van der Waals surface area contributed by atoms with Crippen molar-refractivity contribution in [3.8, 4) is 22.8 Å². The summed E-state index contributed by atoms with van der Waals surface area (Å²) < 4.78 is 51.5. The lowest BCUT2D eigenvalue weighted by molar-refractivity contribution is -0.141. The quantitative estimate of drug-likeness (QED) is 0.563. The van der Waals surface area contributed by atoms with E-state index >= 15 is 0 Å². The molecule has 0 saturated heterocycles. The molecule has 0 radical (unpaired) electrons. The predicted octanol–water partition coefficient (Wildman–Crippen LogP) is 3.17. The highest BCUT2D eigenvalue weighted by atomic mass is 19.4. The molecular weight excluding hydrogens is 425 g/mol. The van der Waals surface area contributed by atoms with Crippen LogP contribution in [-0.2, 0) is 6.42 Å². The maximum atomic E-state index is 12.8. The van der Waals surface area contributed by atoms with E-state index in [0.717, 1.165) is 22.7 Å². The third-order valence-electron chi connectivity index (χ3n) is 5.33. The SMILES string of the molecule is CNCCOc1ccn2c(-c3cc4c(c(OC)c3)C(=O)N(CC(F)(F)F)CC4)cnc2c1. The van der Waals surface area contributed by atoms with Crippen LogP contribution in [0, 0.1) is 0 Å². The molecule has 0 saturated carbocycles. The smallest absolute Gasteiger partial charge is 0.406 e. The number of nitrogens with one attached hydrogen (secondary N) is 1. The molecule has 170 valence electrons. The molecule has 1 amide bonds. The summed E-state index contributed by atoms with van der Waals surface area (Å²) in [4.78, 5) is 18.0. The predicted molar refractivity (Wildman–Crippen MR) is 112 cm³/mol. The van der Waals surface area contributed by atoms with Gasteiger partial charge in [0.25, 0.3) is 5.91 Å². The van der Waals surface area contributed by atoms with E-state index in [-0.39, 0.29) is 17.9 Å². The molecule has 1 aromatic carbocycles. The highest BCUT2D eigenvalue weighted by Crippen LogP contribution is 2.35. The number of ether oxygens (including phenoxy) is 2. The van der Waals surface area contributed by atoms with E-state index in [0.29, 0.717) is 30.0 Å². The number of hydrogen-bond acceptors (Lipinski definition) is 5. The summed E-state index contributed by atoms with van der Waals surface area (Å²) >= 11 is 0. The summed E-state index contributed by atoms with van der Waals surface area (Å²) in [5.74, 6) is 0.271. The van der Waals surface area contributed by atoms with Crippen LogP contribution < -0.4 is 14.8 Å². The third kappa shape index (κ3) is 4.36. The summed E-state index contributed by atoms with van der Waals surface area (Å²) in [6.07, 6.45) is -0.600. The van der Waals surface area contributed by atoms with Crippen molar-refractivity contribution in [3.05, 3.63) is 47.8 Å². The number of likely N-dealkylation sites (N-methyl/N-ethyl adjacent to an activating group) is 1. The van der Waals surface area contributed by atoms with Crippen molar-refractivity contribution in [3.63, 3.8) is 0 Å². The number of alkyl halides is 3. The standard InChI is InChI=1S/C22H23F3N4O3/c1-26-5-8-32-16-4-7-29-17(12-27-19(29)11-16)15-9-14-3-6-28(13-22(23,24)25)21(30)20(14)18(10-15)31-2/h4,7,9-12,26H,3,5-6,8,13H2,1-2H3. The van der Waals surface area contributed by atoms with Gasteiger partial charge in [-0.1, -0.05) is 0 Å². The molecule has 10 heteroatoms. The molecule has 32 heavy (non-hydrogen) atoms. The summed E-state index contributed by atoms with van der Waals surface area (Å²) in [5.41, 5.74) is 3.05. The Morgan fingerprint density at radius 2 is 2.06 bits per heavy atom. The topological polar surface area (TPSA) is 68.1 Å². The van der Waals surface area contributed by atoms with E-state index in [1.54, 1.807) is 12.3 Å². The Bertz CT molecular complexity index is 1130. The average Bonchev–Trinajstić information content (AvgIpc) is 3.17. The second-order valence-electron chi connectivity index (χ2n) is 7.49. The Morgan fingerprint density at radius 1 is 1.25 bits per heavy atom. The molecule has 0 fully saturated rings. The maximum absolute atomic E-state index is 12.8. The molecule has 3 aromatic rings. The van der Waals surface area contributed by atoms with Gasteiger partial charge in [0.1, 0.15) is 30.3 Å². The van der Waals surface area contributed by atoms with Crippen LogP contribution in [0.2, 0.25) is 0 Å². The van der Waals surface area contributed by atoms with Crippen LogP contribution in [0.25, 0.3) is 16.9 Å². The van der Waals surface area contributed by atoms with E-state index in [2.05, 4.69) is 10.3 Å². The monoisotopic (exact) mass is 448 g/mol. The van der Waals surface area contributed by atoms with Gasteiger partial charge in [-0.2, -0.15) is 13.2 Å².